The number of nitrogens with zero attached hydrogens (tertiary/aromatic N) is 3. The maximum Gasteiger partial charge on any atom is 0.164 e. The van der Waals surface area contributed by atoms with Crippen molar-refractivity contribution in [3.63, 3.8) is 0 Å². The van der Waals surface area contributed by atoms with Gasteiger partial charge in [-0.05, 0) is 55.9 Å². The number of hydrogen-bond donors (Lipinski definition) is 0. The summed E-state index contributed by atoms with van der Waals surface area (Å²) in [6.07, 6.45) is 0. The van der Waals surface area contributed by atoms with Crippen LogP contribution in [0.4, 0.5) is 0 Å². The van der Waals surface area contributed by atoms with Gasteiger partial charge in [-0.3, -0.25) is 0 Å². The number of fused-ring (bicyclic) bond motifs is 10. The van der Waals surface area contributed by atoms with Crippen LogP contribution in [0.25, 0.3) is 97.4 Å². The Morgan fingerprint density at radius 2 is 0.957 bits per heavy atom. The van der Waals surface area contributed by atoms with E-state index in [0.717, 1.165) is 22.1 Å². The molecule has 4 heteroatoms. The Hall–Kier alpha value is -5.97. The molecule has 0 amide bonds. The smallest absolute Gasteiger partial charge is 0.164 e. The summed E-state index contributed by atoms with van der Waals surface area (Å²) in [5, 5.41) is 12.2. The maximum atomic E-state index is 5.26. The molecule has 0 aliphatic rings. The van der Waals surface area contributed by atoms with E-state index in [0.29, 0.717) is 17.5 Å². The van der Waals surface area contributed by atoms with Crippen LogP contribution < -0.4 is 0 Å². The van der Waals surface area contributed by atoms with Crippen molar-refractivity contribution in [2.45, 2.75) is 0 Å². The third-order valence-electron chi connectivity index (χ3n) is 9.26. The Balaban J connectivity index is 1.28. The van der Waals surface area contributed by atoms with E-state index in [-0.39, 0.29) is 0 Å². The Labute approximate surface area is 274 Å². The topological polar surface area (TPSA) is 38.7 Å². The van der Waals surface area contributed by atoms with Gasteiger partial charge in [0, 0.05) is 42.2 Å². The first-order valence-electron chi connectivity index (χ1n) is 15.8. The highest BCUT2D eigenvalue weighted by Crippen LogP contribution is 2.45. The summed E-state index contributed by atoms with van der Waals surface area (Å²) in [4.78, 5) is 15.5. The van der Waals surface area contributed by atoms with Gasteiger partial charge in [0.05, 0.1) is 0 Å². The van der Waals surface area contributed by atoms with Crippen molar-refractivity contribution in [2.24, 2.45) is 0 Å². The van der Waals surface area contributed by atoms with Gasteiger partial charge in [0.1, 0.15) is 0 Å². The Kier molecular flexibility index (Phi) is 5.74. The third kappa shape index (κ3) is 4.16. The van der Waals surface area contributed by atoms with Gasteiger partial charge < -0.3 is 0 Å². The SMILES string of the molecule is c1ccc(-c2nc(-c3ccc4c(ccc5ccccc54)c3)nc(-c3cc4ccc5ccccc5c4c4sc5ccccc5c34)n2)cc1. The Morgan fingerprint density at radius 1 is 0.362 bits per heavy atom. The molecule has 10 rings (SSSR count). The minimum atomic E-state index is 0.662. The first-order valence-corrected chi connectivity index (χ1v) is 16.6. The summed E-state index contributed by atoms with van der Waals surface area (Å²) in [7, 11) is 0. The molecule has 0 radical (unpaired) electrons. The molecule has 0 spiro atoms. The average Bonchev–Trinajstić information content (AvgIpc) is 3.54. The lowest BCUT2D eigenvalue weighted by Gasteiger charge is -2.13. The summed E-state index contributed by atoms with van der Waals surface area (Å²) >= 11 is 1.85. The fourth-order valence-electron chi connectivity index (χ4n) is 7.05. The quantitative estimate of drug-likeness (QED) is 0.186. The molecule has 218 valence electrons. The van der Waals surface area contributed by atoms with Gasteiger partial charge in [-0.15, -0.1) is 11.3 Å². The minimum Gasteiger partial charge on any atom is -0.208 e. The normalized spacial score (nSPS) is 11.8. The molecule has 10 aromatic rings. The van der Waals surface area contributed by atoms with Crippen molar-refractivity contribution < 1.29 is 0 Å². The second kappa shape index (κ2) is 10.3. The fraction of sp³-hybridized carbons (Fsp3) is 0. The van der Waals surface area contributed by atoms with Crippen LogP contribution in [0.3, 0.4) is 0 Å². The number of rotatable bonds is 3. The van der Waals surface area contributed by atoms with Gasteiger partial charge in [0.25, 0.3) is 0 Å². The standard InChI is InChI=1S/C43H25N3S/c1-2-12-28(13-3-1)41-44-42(31-22-23-33-29(24-31)20-18-26-10-4-6-14-32(26)33)46-43(45-41)36-25-30-21-19-27-11-5-7-15-34(27)38(30)40-39(36)35-16-8-9-17-37(35)47-40/h1-25H. The van der Waals surface area contributed by atoms with Gasteiger partial charge in [-0.25, -0.2) is 15.0 Å². The molecule has 2 aromatic heterocycles. The van der Waals surface area contributed by atoms with E-state index < -0.39 is 0 Å². The van der Waals surface area contributed by atoms with E-state index in [1.165, 1.54) is 57.9 Å². The van der Waals surface area contributed by atoms with Gasteiger partial charge >= 0.3 is 0 Å². The van der Waals surface area contributed by atoms with E-state index in [9.17, 15) is 0 Å². The molecule has 0 bridgehead atoms. The number of thiophene rings is 1. The molecule has 0 unspecified atom stereocenters. The van der Waals surface area contributed by atoms with E-state index in [1.807, 2.05) is 29.5 Å². The van der Waals surface area contributed by atoms with Gasteiger partial charge in [0.15, 0.2) is 17.5 Å². The largest absolute Gasteiger partial charge is 0.208 e. The van der Waals surface area contributed by atoms with E-state index in [2.05, 4.69) is 133 Å². The first-order chi connectivity index (χ1) is 23.3. The molecule has 47 heavy (non-hydrogen) atoms. The number of aromatic nitrogens is 3. The molecule has 2 heterocycles. The zero-order valence-corrected chi connectivity index (χ0v) is 26.0. The second-order valence-electron chi connectivity index (χ2n) is 12.0. The van der Waals surface area contributed by atoms with E-state index >= 15 is 0 Å². The lowest BCUT2D eigenvalue weighted by Crippen LogP contribution is -2.00. The van der Waals surface area contributed by atoms with Crippen LogP contribution in [-0.4, -0.2) is 15.0 Å². The van der Waals surface area contributed by atoms with Crippen LogP contribution in [0.2, 0.25) is 0 Å². The van der Waals surface area contributed by atoms with Crippen LogP contribution in [0.15, 0.2) is 152 Å². The molecule has 3 nitrogen and oxygen atoms in total. The molecular weight excluding hydrogens is 591 g/mol. The van der Waals surface area contributed by atoms with Crippen molar-refractivity contribution in [1.29, 1.82) is 0 Å². The monoisotopic (exact) mass is 615 g/mol. The molecular formula is C43H25N3S. The lowest BCUT2D eigenvalue weighted by molar-refractivity contribution is 1.08. The molecule has 0 saturated heterocycles. The predicted octanol–water partition coefficient (Wildman–Crippen LogP) is 11.9. The van der Waals surface area contributed by atoms with Crippen LogP contribution >= 0.6 is 11.3 Å². The van der Waals surface area contributed by atoms with Crippen molar-refractivity contribution >= 4 is 74.6 Å². The van der Waals surface area contributed by atoms with E-state index in [4.69, 9.17) is 15.0 Å². The lowest BCUT2D eigenvalue weighted by atomic mass is 9.96. The molecule has 0 fully saturated rings. The average molecular weight is 616 g/mol. The zero-order valence-electron chi connectivity index (χ0n) is 25.2. The van der Waals surface area contributed by atoms with Crippen molar-refractivity contribution in [1.82, 2.24) is 15.0 Å². The second-order valence-corrected chi connectivity index (χ2v) is 13.1. The molecule has 0 atom stereocenters. The molecule has 0 aliphatic heterocycles. The highest BCUT2D eigenvalue weighted by molar-refractivity contribution is 7.27. The molecule has 8 aromatic carbocycles. The summed E-state index contributed by atoms with van der Waals surface area (Å²) in [6, 6.07) is 53.8. The Morgan fingerprint density at radius 3 is 1.79 bits per heavy atom. The van der Waals surface area contributed by atoms with Crippen molar-refractivity contribution in [2.75, 3.05) is 0 Å². The third-order valence-corrected chi connectivity index (χ3v) is 10.5. The zero-order chi connectivity index (χ0) is 30.9. The number of benzene rings is 8. The molecule has 0 N–H and O–H groups in total. The Bertz CT molecular complexity index is 2850. The summed E-state index contributed by atoms with van der Waals surface area (Å²) in [5.74, 6) is 2.00. The number of hydrogen-bond acceptors (Lipinski definition) is 4. The molecule has 0 aliphatic carbocycles. The van der Waals surface area contributed by atoms with Crippen LogP contribution in [0, 0.1) is 0 Å². The summed E-state index contributed by atoms with van der Waals surface area (Å²) < 4.78 is 2.51. The van der Waals surface area contributed by atoms with Crippen LogP contribution in [0.1, 0.15) is 0 Å². The van der Waals surface area contributed by atoms with E-state index in [1.54, 1.807) is 0 Å². The fourth-order valence-corrected chi connectivity index (χ4v) is 8.35. The van der Waals surface area contributed by atoms with Crippen LogP contribution in [-0.2, 0) is 0 Å². The minimum absolute atomic E-state index is 0.662. The molecule has 0 saturated carbocycles. The highest BCUT2D eigenvalue weighted by Gasteiger charge is 2.20. The summed E-state index contributed by atoms with van der Waals surface area (Å²) in [6.45, 7) is 0. The van der Waals surface area contributed by atoms with Gasteiger partial charge in [-0.1, -0.05) is 133 Å². The van der Waals surface area contributed by atoms with Gasteiger partial charge in [-0.2, -0.15) is 0 Å². The van der Waals surface area contributed by atoms with Crippen molar-refractivity contribution in [3.05, 3.63) is 152 Å². The van der Waals surface area contributed by atoms with Gasteiger partial charge in [0.2, 0.25) is 0 Å². The first kappa shape index (κ1) is 26.3. The summed E-state index contributed by atoms with van der Waals surface area (Å²) in [5.41, 5.74) is 2.95. The highest BCUT2D eigenvalue weighted by atomic mass is 32.1. The maximum absolute atomic E-state index is 5.26. The predicted molar refractivity (Wildman–Crippen MR) is 199 cm³/mol. The van der Waals surface area contributed by atoms with Crippen LogP contribution in [0.5, 0.6) is 0 Å². The van der Waals surface area contributed by atoms with Crippen molar-refractivity contribution in [3.8, 4) is 34.2 Å².